The average Bonchev–Trinajstić information content (AvgIpc) is 2.53. The molecule has 0 atom stereocenters. The molecule has 3 nitrogen and oxygen atoms in total. The summed E-state index contributed by atoms with van der Waals surface area (Å²) in [6.45, 7) is 0. The number of nitrogens with one attached hydrogen (secondary N) is 1. The normalized spacial score (nSPS) is 10.1. The number of benzene rings is 2. The zero-order valence-corrected chi connectivity index (χ0v) is 12.3. The van der Waals surface area contributed by atoms with Gasteiger partial charge in [0.15, 0.2) is 0 Å². The second kappa shape index (κ2) is 8.10. The fourth-order valence-corrected chi connectivity index (χ4v) is 2.15. The first-order chi connectivity index (χ1) is 10.3. The Kier molecular flexibility index (Phi) is 5.83. The molecule has 0 spiro atoms. The van der Waals surface area contributed by atoms with Gasteiger partial charge in [-0.15, -0.1) is 0 Å². The number of para-hydroxylation sites is 1. The standard InChI is InChI=1S/C18H21NO2/c1-21-17-13-11-15(12-14-17)7-5-6-10-18(20)19-16-8-3-2-4-9-16/h2-4,8-9,11-14H,5-7,10H2,1H3,(H,19,20). The largest absolute Gasteiger partial charge is 0.497 e. The molecule has 0 unspecified atom stereocenters. The highest BCUT2D eigenvalue weighted by Crippen LogP contribution is 2.14. The Morgan fingerprint density at radius 1 is 1.00 bits per heavy atom. The van der Waals surface area contributed by atoms with Crippen LogP contribution in [0.3, 0.4) is 0 Å². The van der Waals surface area contributed by atoms with E-state index in [1.54, 1.807) is 7.11 Å². The number of hydrogen-bond donors (Lipinski definition) is 1. The highest BCUT2D eigenvalue weighted by molar-refractivity contribution is 5.90. The van der Waals surface area contributed by atoms with E-state index in [0.29, 0.717) is 6.42 Å². The Bertz CT molecular complexity index is 549. The molecule has 0 aliphatic heterocycles. The van der Waals surface area contributed by atoms with Gasteiger partial charge in [-0.05, 0) is 49.1 Å². The fourth-order valence-electron chi connectivity index (χ4n) is 2.15. The second-order valence-electron chi connectivity index (χ2n) is 4.97. The van der Waals surface area contributed by atoms with Crippen LogP contribution in [0, 0.1) is 0 Å². The molecule has 21 heavy (non-hydrogen) atoms. The maximum Gasteiger partial charge on any atom is 0.224 e. The Morgan fingerprint density at radius 2 is 1.71 bits per heavy atom. The lowest BCUT2D eigenvalue weighted by molar-refractivity contribution is -0.116. The van der Waals surface area contributed by atoms with Crippen LogP contribution in [0.5, 0.6) is 5.75 Å². The summed E-state index contributed by atoms with van der Waals surface area (Å²) in [5.74, 6) is 0.955. The van der Waals surface area contributed by atoms with E-state index in [1.807, 2.05) is 42.5 Å². The molecule has 2 aromatic rings. The minimum atomic E-state index is 0.0796. The Morgan fingerprint density at radius 3 is 2.38 bits per heavy atom. The first-order valence-electron chi connectivity index (χ1n) is 7.26. The summed E-state index contributed by atoms with van der Waals surface area (Å²) >= 11 is 0. The van der Waals surface area contributed by atoms with Crippen LogP contribution in [0.1, 0.15) is 24.8 Å². The minimum Gasteiger partial charge on any atom is -0.497 e. The van der Waals surface area contributed by atoms with Crippen LogP contribution in [0.4, 0.5) is 5.69 Å². The summed E-state index contributed by atoms with van der Waals surface area (Å²) in [5, 5.41) is 2.90. The third-order valence-electron chi connectivity index (χ3n) is 3.34. The molecule has 0 heterocycles. The SMILES string of the molecule is COc1ccc(CCCCC(=O)Nc2ccccc2)cc1. The molecule has 0 aromatic heterocycles. The number of hydrogen-bond acceptors (Lipinski definition) is 2. The van der Waals surface area contributed by atoms with Crippen molar-refractivity contribution in [2.45, 2.75) is 25.7 Å². The molecular formula is C18H21NO2. The zero-order chi connectivity index (χ0) is 14.9. The third kappa shape index (κ3) is 5.30. The van der Waals surface area contributed by atoms with E-state index >= 15 is 0 Å². The maximum absolute atomic E-state index is 11.8. The molecule has 1 amide bonds. The van der Waals surface area contributed by atoms with Crippen LogP contribution in [0.2, 0.25) is 0 Å². The van der Waals surface area contributed by atoms with Crippen LogP contribution in [0.15, 0.2) is 54.6 Å². The molecular weight excluding hydrogens is 262 g/mol. The van der Waals surface area contributed by atoms with Gasteiger partial charge in [0.25, 0.3) is 0 Å². The zero-order valence-electron chi connectivity index (χ0n) is 12.3. The van der Waals surface area contributed by atoms with Gasteiger partial charge < -0.3 is 10.1 Å². The predicted octanol–water partition coefficient (Wildman–Crippen LogP) is 4.05. The lowest BCUT2D eigenvalue weighted by Gasteiger charge is -2.05. The van der Waals surface area contributed by atoms with Crippen molar-refractivity contribution < 1.29 is 9.53 Å². The van der Waals surface area contributed by atoms with Crippen molar-refractivity contribution in [1.82, 2.24) is 0 Å². The number of methoxy groups -OCH3 is 1. The van der Waals surface area contributed by atoms with E-state index in [4.69, 9.17) is 4.74 Å². The van der Waals surface area contributed by atoms with E-state index < -0.39 is 0 Å². The number of carbonyl (C=O) groups excluding carboxylic acids is 1. The Labute approximate surface area is 126 Å². The molecule has 110 valence electrons. The average molecular weight is 283 g/mol. The Balaban J connectivity index is 1.66. The van der Waals surface area contributed by atoms with E-state index in [9.17, 15) is 4.79 Å². The molecule has 0 fully saturated rings. The monoisotopic (exact) mass is 283 g/mol. The van der Waals surface area contributed by atoms with Crippen molar-refractivity contribution in [2.75, 3.05) is 12.4 Å². The molecule has 2 rings (SSSR count). The Hall–Kier alpha value is -2.29. The first-order valence-corrected chi connectivity index (χ1v) is 7.26. The van der Waals surface area contributed by atoms with Gasteiger partial charge in [0.05, 0.1) is 7.11 Å². The number of unbranched alkanes of at least 4 members (excludes halogenated alkanes) is 1. The number of rotatable bonds is 7. The van der Waals surface area contributed by atoms with Crippen LogP contribution in [-0.2, 0) is 11.2 Å². The summed E-state index contributed by atoms with van der Waals surface area (Å²) < 4.78 is 5.13. The van der Waals surface area contributed by atoms with Crippen LogP contribution in [-0.4, -0.2) is 13.0 Å². The van der Waals surface area contributed by atoms with Gasteiger partial charge in [0.1, 0.15) is 5.75 Å². The van der Waals surface area contributed by atoms with Crippen LogP contribution >= 0.6 is 0 Å². The summed E-state index contributed by atoms with van der Waals surface area (Å²) in [6, 6.07) is 17.6. The van der Waals surface area contributed by atoms with E-state index in [-0.39, 0.29) is 5.91 Å². The molecule has 1 N–H and O–H groups in total. The first kappa shape index (κ1) is 15.1. The molecule has 0 saturated heterocycles. The molecule has 0 aliphatic carbocycles. The lowest BCUT2D eigenvalue weighted by Crippen LogP contribution is -2.10. The highest BCUT2D eigenvalue weighted by Gasteiger charge is 2.02. The van der Waals surface area contributed by atoms with E-state index in [0.717, 1.165) is 30.7 Å². The van der Waals surface area contributed by atoms with Crippen LogP contribution in [0.25, 0.3) is 0 Å². The summed E-state index contributed by atoms with van der Waals surface area (Å²) in [7, 11) is 1.67. The van der Waals surface area contributed by atoms with Gasteiger partial charge in [-0.3, -0.25) is 4.79 Å². The number of aryl methyl sites for hydroxylation is 1. The van der Waals surface area contributed by atoms with Crippen molar-refractivity contribution in [1.29, 1.82) is 0 Å². The van der Waals surface area contributed by atoms with Crippen molar-refractivity contribution in [3.63, 3.8) is 0 Å². The third-order valence-corrected chi connectivity index (χ3v) is 3.34. The van der Waals surface area contributed by atoms with Gasteiger partial charge in [-0.25, -0.2) is 0 Å². The molecule has 2 aromatic carbocycles. The molecule has 0 aliphatic rings. The number of ether oxygens (including phenoxy) is 1. The van der Waals surface area contributed by atoms with Gasteiger partial charge >= 0.3 is 0 Å². The molecule has 0 saturated carbocycles. The van der Waals surface area contributed by atoms with Gasteiger partial charge in [0, 0.05) is 12.1 Å². The van der Waals surface area contributed by atoms with Crippen molar-refractivity contribution in [2.24, 2.45) is 0 Å². The maximum atomic E-state index is 11.8. The summed E-state index contributed by atoms with van der Waals surface area (Å²) in [4.78, 5) is 11.8. The smallest absolute Gasteiger partial charge is 0.224 e. The van der Waals surface area contributed by atoms with E-state index in [1.165, 1.54) is 5.56 Å². The summed E-state index contributed by atoms with van der Waals surface area (Å²) in [5.41, 5.74) is 2.14. The number of carbonyl (C=O) groups is 1. The van der Waals surface area contributed by atoms with Crippen molar-refractivity contribution >= 4 is 11.6 Å². The van der Waals surface area contributed by atoms with E-state index in [2.05, 4.69) is 17.4 Å². The predicted molar refractivity (Wildman–Crippen MR) is 85.6 cm³/mol. The van der Waals surface area contributed by atoms with Crippen molar-refractivity contribution in [3.05, 3.63) is 60.2 Å². The molecule has 0 radical (unpaired) electrons. The lowest BCUT2D eigenvalue weighted by atomic mass is 10.1. The number of amides is 1. The van der Waals surface area contributed by atoms with Crippen LogP contribution < -0.4 is 10.1 Å². The van der Waals surface area contributed by atoms with Gasteiger partial charge in [0.2, 0.25) is 5.91 Å². The second-order valence-corrected chi connectivity index (χ2v) is 4.97. The summed E-state index contributed by atoms with van der Waals surface area (Å²) in [6.07, 6.45) is 3.45. The molecule has 3 heteroatoms. The van der Waals surface area contributed by atoms with Crippen molar-refractivity contribution in [3.8, 4) is 5.75 Å². The minimum absolute atomic E-state index is 0.0796. The molecule has 0 bridgehead atoms. The topological polar surface area (TPSA) is 38.3 Å². The quantitative estimate of drug-likeness (QED) is 0.779. The van der Waals surface area contributed by atoms with Gasteiger partial charge in [-0.2, -0.15) is 0 Å². The van der Waals surface area contributed by atoms with Gasteiger partial charge in [-0.1, -0.05) is 30.3 Å². The fraction of sp³-hybridized carbons (Fsp3) is 0.278. The number of anilines is 1. The highest BCUT2D eigenvalue weighted by atomic mass is 16.5.